The van der Waals surface area contributed by atoms with E-state index in [9.17, 15) is 9.59 Å². The Labute approximate surface area is 132 Å². The third kappa shape index (κ3) is 3.87. The molecule has 1 amide bonds. The van der Waals surface area contributed by atoms with Crippen LogP contribution in [0.25, 0.3) is 0 Å². The summed E-state index contributed by atoms with van der Waals surface area (Å²) >= 11 is 3.39. The van der Waals surface area contributed by atoms with Crippen LogP contribution in [-0.2, 0) is 11.3 Å². The van der Waals surface area contributed by atoms with Crippen molar-refractivity contribution in [2.24, 2.45) is 11.8 Å². The molecule has 1 fully saturated rings. The molecule has 1 aromatic heterocycles. The van der Waals surface area contributed by atoms with Gasteiger partial charge in [-0.1, -0.05) is 13.3 Å². The highest BCUT2D eigenvalue weighted by molar-refractivity contribution is 9.10. The maximum absolute atomic E-state index is 12.3. The van der Waals surface area contributed by atoms with Crippen LogP contribution in [0.3, 0.4) is 0 Å². The summed E-state index contributed by atoms with van der Waals surface area (Å²) < 4.78 is 2.80. The lowest BCUT2D eigenvalue weighted by Crippen LogP contribution is -2.34. The van der Waals surface area contributed by atoms with Gasteiger partial charge in [-0.25, -0.2) is 0 Å². The molecule has 1 aliphatic carbocycles. The number of nitrogens with one attached hydrogen (secondary N) is 1. The SMILES string of the molecule is CCCn1cc(Br)cc1C(=O)NCC1CCCC1C(=O)O. The fraction of sp³-hybridized carbons (Fsp3) is 0.600. The van der Waals surface area contributed by atoms with Crippen LogP contribution in [0.2, 0.25) is 0 Å². The Balaban J connectivity index is 1.97. The smallest absolute Gasteiger partial charge is 0.306 e. The summed E-state index contributed by atoms with van der Waals surface area (Å²) in [5.74, 6) is -1.15. The van der Waals surface area contributed by atoms with Gasteiger partial charge in [-0.05, 0) is 47.2 Å². The van der Waals surface area contributed by atoms with Crippen molar-refractivity contribution in [1.82, 2.24) is 9.88 Å². The maximum atomic E-state index is 12.3. The van der Waals surface area contributed by atoms with Crippen molar-refractivity contribution >= 4 is 27.8 Å². The molecule has 2 unspecified atom stereocenters. The number of aliphatic carboxylic acids is 1. The molecule has 2 rings (SSSR count). The topological polar surface area (TPSA) is 71.3 Å². The van der Waals surface area contributed by atoms with Gasteiger partial charge in [-0.2, -0.15) is 0 Å². The molecule has 0 saturated heterocycles. The quantitative estimate of drug-likeness (QED) is 0.822. The van der Waals surface area contributed by atoms with Gasteiger partial charge in [0.05, 0.1) is 5.92 Å². The van der Waals surface area contributed by atoms with Crippen molar-refractivity contribution in [3.8, 4) is 0 Å². The third-order valence-electron chi connectivity index (χ3n) is 4.06. The first-order valence-corrected chi connectivity index (χ1v) is 8.19. The Morgan fingerprint density at radius 3 is 2.90 bits per heavy atom. The lowest BCUT2D eigenvalue weighted by Gasteiger charge is -2.16. The molecule has 0 bridgehead atoms. The van der Waals surface area contributed by atoms with Crippen LogP contribution < -0.4 is 5.32 Å². The molecular formula is C15H21BrN2O3. The van der Waals surface area contributed by atoms with E-state index < -0.39 is 5.97 Å². The van der Waals surface area contributed by atoms with Gasteiger partial charge in [0.1, 0.15) is 5.69 Å². The minimum atomic E-state index is -0.746. The van der Waals surface area contributed by atoms with Crippen molar-refractivity contribution in [3.05, 3.63) is 22.4 Å². The molecule has 0 radical (unpaired) electrons. The number of carboxylic acids is 1. The van der Waals surface area contributed by atoms with Gasteiger partial charge < -0.3 is 15.0 Å². The zero-order valence-corrected chi connectivity index (χ0v) is 13.7. The van der Waals surface area contributed by atoms with E-state index in [-0.39, 0.29) is 17.7 Å². The van der Waals surface area contributed by atoms with E-state index in [1.54, 1.807) is 6.07 Å². The number of halogens is 1. The lowest BCUT2D eigenvalue weighted by molar-refractivity contribution is -0.142. The highest BCUT2D eigenvalue weighted by Crippen LogP contribution is 2.31. The molecular weight excluding hydrogens is 336 g/mol. The molecule has 2 N–H and O–H groups in total. The predicted octanol–water partition coefficient (Wildman–Crippen LogP) is 2.89. The van der Waals surface area contributed by atoms with E-state index in [1.807, 2.05) is 10.8 Å². The number of nitrogens with zero attached hydrogens (tertiary/aromatic N) is 1. The van der Waals surface area contributed by atoms with E-state index in [1.165, 1.54) is 0 Å². The van der Waals surface area contributed by atoms with E-state index in [0.717, 1.165) is 30.3 Å². The number of hydrogen-bond acceptors (Lipinski definition) is 2. The Morgan fingerprint density at radius 1 is 1.48 bits per heavy atom. The van der Waals surface area contributed by atoms with Crippen molar-refractivity contribution in [1.29, 1.82) is 0 Å². The van der Waals surface area contributed by atoms with Gasteiger partial charge in [-0.15, -0.1) is 0 Å². The summed E-state index contributed by atoms with van der Waals surface area (Å²) in [6, 6.07) is 1.80. The summed E-state index contributed by atoms with van der Waals surface area (Å²) in [7, 11) is 0. The lowest BCUT2D eigenvalue weighted by atomic mass is 9.96. The first kappa shape index (κ1) is 16.1. The molecule has 1 aromatic rings. The molecule has 21 heavy (non-hydrogen) atoms. The van der Waals surface area contributed by atoms with Crippen LogP contribution in [0.1, 0.15) is 43.1 Å². The molecule has 116 valence electrons. The number of rotatable bonds is 6. The molecule has 0 aliphatic heterocycles. The number of carboxylic acid groups (broad SMARTS) is 1. The Morgan fingerprint density at radius 2 is 2.24 bits per heavy atom. The molecule has 0 spiro atoms. The summed E-state index contributed by atoms with van der Waals surface area (Å²) in [4.78, 5) is 23.4. The summed E-state index contributed by atoms with van der Waals surface area (Å²) in [5.41, 5.74) is 0.619. The fourth-order valence-corrected chi connectivity index (χ4v) is 3.48. The van der Waals surface area contributed by atoms with Gasteiger partial charge in [0, 0.05) is 23.8 Å². The molecule has 5 nitrogen and oxygen atoms in total. The molecule has 0 aromatic carbocycles. The largest absolute Gasteiger partial charge is 0.481 e. The number of hydrogen-bond donors (Lipinski definition) is 2. The van der Waals surface area contributed by atoms with Crippen molar-refractivity contribution in [2.45, 2.75) is 39.2 Å². The third-order valence-corrected chi connectivity index (χ3v) is 4.50. The highest BCUT2D eigenvalue weighted by Gasteiger charge is 2.33. The van der Waals surface area contributed by atoms with E-state index in [0.29, 0.717) is 18.7 Å². The molecule has 1 saturated carbocycles. The standard InChI is InChI=1S/C15H21BrN2O3/c1-2-6-18-9-11(16)7-13(18)14(19)17-8-10-4-3-5-12(10)15(20)21/h7,9-10,12H,2-6,8H2,1H3,(H,17,19)(H,20,21). The monoisotopic (exact) mass is 356 g/mol. The fourth-order valence-electron chi connectivity index (χ4n) is 3.01. The van der Waals surface area contributed by atoms with Crippen LogP contribution in [-0.4, -0.2) is 28.1 Å². The second-order valence-corrected chi connectivity index (χ2v) is 6.50. The number of carbonyl (C=O) groups is 2. The highest BCUT2D eigenvalue weighted by atomic mass is 79.9. The second kappa shape index (κ2) is 7.11. The number of aryl methyl sites for hydroxylation is 1. The summed E-state index contributed by atoms with van der Waals surface area (Å²) in [6.07, 6.45) is 5.36. The maximum Gasteiger partial charge on any atom is 0.306 e. The van der Waals surface area contributed by atoms with Gasteiger partial charge in [0.25, 0.3) is 5.91 Å². The summed E-state index contributed by atoms with van der Waals surface area (Å²) in [5, 5.41) is 12.1. The zero-order chi connectivity index (χ0) is 15.4. The Kier molecular flexibility index (Phi) is 5.45. The zero-order valence-electron chi connectivity index (χ0n) is 12.1. The van der Waals surface area contributed by atoms with Crippen LogP contribution in [0.4, 0.5) is 0 Å². The first-order valence-electron chi connectivity index (χ1n) is 7.39. The molecule has 6 heteroatoms. The van der Waals surface area contributed by atoms with Crippen LogP contribution >= 0.6 is 15.9 Å². The van der Waals surface area contributed by atoms with Crippen molar-refractivity contribution in [2.75, 3.05) is 6.54 Å². The Hall–Kier alpha value is -1.30. The van der Waals surface area contributed by atoms with E-state index in [4.69, 9.17) is 5.11 Å². The van der Waals surface area contributed by atoms with E-state index >= 15 is 0 Å². The number of aromatic nitrogens is 1. The van der Waals surface area contributed by atoms with Crippen molar-refractivity contribution in [3.63, 3.8) is 0 Å². The normalized spacial score (nSPS) is 21.4. The van der Waals surface area contributed by atoms with Gasteiger partial charge in [0.15, 0.2) is 0 Å². The Bertz CT molecular complexity index is 527. The van der Waals surface area contributed by atoms with Crippen LogP contribution in [0.15, 0.2) is 16.7 Å². The van der Waals surface area contributed by atoms with Gasteiger partial charge in [0.2, 0.25) is 0 Å². The first-order chi connectivity index (χ1) is 10.0. The molecule has 1 heterocycles. The average Bonchev–Trinajstić information content (AvgIpc) is 3.03. The second-order valence-electron chi connectivity index (χ2n) is 5.58. The molecule has 1 aliphatic rings. The minimum absolute atomic E-state index is 0.0458. The minimum Gasteiger partial charge on any atom is -0.481 e. The average molecular weight is 357 g/mol. The van der Waals surface area contributed by atoms with Gasteiger partial charge in [-0.3, -0.25) is 9.59 Å². The summed E-state index contributed by atoms with van der Waals surface area (Å²) in [6.45, 7) is 3.28. The molecule has 2 atom stereocenters. The number of amides is 1. The van der Waals surface area contributed by atoms with E-state index in [2.05, 4.69) is 28.2 Å². The van der Waals surface area contributed by atoms with Gasteiger partial charge >= 0.3 is 5.97 Å². The van der Waals surface area contributed by atoms with Crippen LogP contribution in [0, 0.1) is 11.8 Å². The predicted molar refractivity (Wildman–Crippen MR) is 83.2 cm³/mol. The number of carbonyl (C=O) groups excluding carboxylic acids is 1. The van der Waals surface area contributed by atoms with Crippen LogP contribution in [0.5, 0.6) is 0 Å². The van der Waals surface area contributed by atoms with Crippen molar-refractivity contribution < 1.29 is 14.7 Å².